The molecule has 20 heavy (non-hydrogen) atoms. The Hall–Kier alpha value is -1.81. The molecule has 1 aromatic carbocycles. The maximum Gasteiger partial charge on any atom is 0.122 e. The van der Waals surface area contributed by atoms with E-state index in [-0.39, 0.29) is 0 Å². The van der Waals surface area contributed by atoms with Crippen LogP contribution in [0, 0.1) is 0 Å². The number of nitrogens with zero attached hydrogens (tertiary/aromatic N) is 2. The summed E-state index contributed by atoms with van der Waals surface area (Å²) in [6.07, 6.45) is 3.13. The van der Waals surface area contributed by atoms with Gasteiger partial charge in [0, 0.05) is 25.2 Å². The first-order valence-corrected chi connectivity index (χ1v) is 7.31. The van der Waals surface area contributed by atoms with E-state index in [2.05, 4.69) is 52.5 Å². The van der Waals surface area contributed by atoms with Gasteiger partial charge in [-0.25, -0.2) is 0 Å². The summed E-state index contributed by atoms with van der Waals surface area (Å²) in [6, 6.07) is 10.4. The van der Waals surface area contributed by atoms with Crippen LogP contribution in [0.3, 0.4) is 0 Å². The lowest BCUT2D eigenvalue weighted by atomic mass is 9.93. The molecular weight excluding hydrogens is 250 g/mol. The van der Waals surface area contributed by atoms with E-state index in [1.807, 2.05) is 6.07 Å². The number of nitrogens with one attached hydrogen (secondary N) is 1. The Morgan fingerprint density at radius 2 is 2.25 bits per heavy atom. The zero-order valence-corrected chi connectivity index (χ0v) is 11.9. The van der Waals surface area contributed by atoms with Crippen molar-refractivity contribution in [2.24, 2.45) is 0 Å². The molecular formula is C16H21N3O. The van der Waals surface area contributed by atoms with Crippen molar-refractivity contribution in [2.45, 2.75) is 32.4 Å². The van der Waals surface area contributed by atoms with Gasteiger partial charge in [0.2, 0.25) is 0 Å². The first-order valence-electron chi connectivity index (χ1n) is 7.31. The molecule has 0 fully saturated rings. The van der Waals surface area contributed by atoms with Crippen LogP contribution in [-0.4, -0.2) is 22.9 Å². The van der Waals surface area contributed by atoms with Crippen LogP contribution >= 0.6 is 0 Å². The van der Waals surface area contributed by atoms with E-state index in [4.69, 9.17) is 4.74 Å². The van der Waals surface area contributed by atoms with Crippen molar-refractivity contribution in [2.75, 3.05) is 13.2 Å². The smallest absolute Gasteiger partial charge is 0.122 e. The third kappa shape index (κ3) is 2.85. The molecule has 1 aromatic heterocycles. The molecule has 0 radical (unpaired) electrons. The summed E-state index contributed by atoms with van der Waals surface area (Å²) in [5.41, 5.74) is 2.41. The van der Waals surface area contributed by atoms with Crippen LogP contribution < -0.4 is 10.1 Å². The molecule has 1 N–H and O–H groups in total. The van der Waals surface area contributed by atoms with Gasteiger partial charge in [0.25, 0.3) is 0 Å². The molecule has 1 aliphatic rings. The molecule has 0 bridgehead atoms. The monoisotopic (exact) mass is 271 g/mol. The highest BCUT2D eigenvalue weighted by molar-refractivity contribution is 5.37. The quantitative estimate of drug-likeness (QED) is 0.908. The largest absolute Gasteiger partial charge is 0.493 e. The molecule has 1 unspecified atom stereocenters. The van der Waals surface area contributed by atoms with E-state index in [9.17, 15) is 0 Å². The molecule has 3 rings (SSSR count). The normalized spacial score (nSPS) is 17.6. The molecule has 0 spiro atoms. The van der Waals surface area contributed by atoms with Crippen molar-refractivity contribution in [3.8, 4) is 5.75 Å². The van der Waals surface area contributed by atoms with E-state index >= 15 is 0 Å². The molecule has 1 atom stereocenters. The minimum absolute atomic E-state index is 0.492. The van der Waals surface area contributed by atoms with Crippen molar-refractivity contribution in [3.05, 3.63) is 47.8 Å². The molecule has 0 aliphatic carbocycles. The van der Waals surface area contributed by atoms with E-state index in [0.29, 0.717) is 5.92 Å². The van der Waals surface area contributed by atoms with Crippen molar-refractivity contribution in [1.29, 1.82) is 0 Å². The SMILES string of the molecule is CCNCc1ccn(CC2CCOc3ccccc32)n1. The van der Waals surface area contributed by atoms with Gasteiger partial charge in [-0.2, -0.15) is 5.10 Å². The Balaban J connectivity index is 1.71. The van der Waals surface area contributed by atoms with E-state index in [1.54, 1.807) is 0 Å². The van der Waals surface area contributed by atoms with Gasteiger partial charge in [0.1, 0.15) is 5.75 Å². The van der Waals surface area contributed by atoms with Gasteiger partial charge >= 0.3 is 0 Å². The average molecular weight is 271 g/mol. The number of hydrogen-bond donors (Lipinski definition) is 1. The third-order valence-corrected chi connectivity index (χ3v) is 3.74. The van der Waals surface area contributed by atoms with Gasteiger partial charge in [-0.3, -0.25) is 4.68 Å². The molecule has 1 aliphatic heterocycles. The zero-order valence-electron chi connectivity index (χ0n) is 11.9. The Kier molecular flexibility index (Phi) is 4.02. The summed E-state index contributed by atoms with van der Waals surface area (Å²) >= 11 is 0. The van der Waals surface area contributed by atoms with Crippen molar-refractivity contribution < 1.29 is 4.74 Å². The van der Waals surface area contributed by atoms with Crippen LogP contribution in [0.5, 0.6) is 5.75 Å². The lowest BCUT2D eigenvalue weighted by Gasteiger charge is -2.25. The fourth-order valence-corrected chi connectivity index (χ4v) is 2.68. The second-order valence-electron chi connectivity index (χ2n) is 5.18. The highest BCUT2D eigenvalue weighted by Crippen LogP contribution is 2.34. The summed E-state index contributed by atoms with van der Waals surface area (Å²) in [7, 11) is 0. The predicted octanol–water partition coefficient (Wildman–Crippen LogP) is 2.56. The Morgan fingerprint density at radius 1 is 1.35 bits per heavy atom. The van der Waals surface area contributed by atoms with Gasteiger partial charge in [-0.05, 0) is 30.7 Å². The summed E-state index contributed by atoms with van der Waals surface area (Å²) < 4.78 is 7.77. The van der Waals surface area contributed by atoms with Crippen molar-refractivity contribution >= 4 is 0 Å². The third-order valence-electron chi connectivity index (χ3n) is 3.74. The number of hydrogen-bond acceptors (Lipinski definition) is 3. The molecule has 0 saturated heterocycles. The Labute approximate surface area is 119 Å². The number of fused-ring (bicyclic) bond motifs is 1. The average Bonchev–Trinajstić information content (AvgIpc) is 2.93. The van der Waals surface area contributed by atoms with E-state index < -0.39 is 0 Å². The maximum atomic E-state index is 5.71. The fraction of sp³-hybridized carbons (Fsp3) is 0.438. The molecule has 4 nitrogen and oxygen atoms in total. The van der Waals surface area contributed by atoms with Gasteiger partial charge in [0.05, 0.1) is 12.3 Å². The van der Waals surface area contributed by atoms with Crippen LogP contribution in [0.4, 0.5) is 0 Å². The minimum Gasteiger partial charge on any atom is -0.493 e. The second kappa shape index (κ2) is 6.09. The lowest BCUT2D eigenvalue weighted by molar-refractivity contribution is 0.256. The summed E-state index contributed by atoms with van der Waals surface area (Å²) in [6.45, 7) is 5.64. The number of aromatic nitrogens is 2. The number of ether oxygens (including phenoxy) is 1. The van der Waals surface area contributed by atoms with Gasteiger partial charge < -0.3 is 10.1 Å². The summed E-state index contributed by atoms with van der Waals surface area (Å²) in [5, 5.41) is 7.93. The highest BCUT2D eigenvalue weighted by Gasteiger charge is 2.21. The summed E-state index contributed by atoms with van der Waals surface area (Å²) in [4.78, 5) is 0. The second-order valence-corrected chi connectivity index (χ2v) is 5.18. The topological polar surface area (TPSA) is 39.1 Å². The predicted molar refractivity (Wildman–Crippen MR) is 78.9 cm³/mol. The van der Waals surface area contributed by atoms with Crippen LogP contribution in [0.15, 0.2) is 36.5 Å². The van der Waals surface area contributed by atoms with Gasteiger partial charge in [-0.15, -0.1) is 0 Å². The summed E-state index contributed by atoms with van der Waals surface area (Å²) in [5.74, 6) is 1.52. The van der Waals surface area contributed by atoms with E-state index in [0.717, 1.165) is 44.1 Å². The molecule has 4 heteroatoms. The van der Waals surface area contributed by atoms with Gasteiger partial charge in [0.15, 0.2) is 0 Å². The van der Waals surface area contributed by atoms with E-state index in [1.165, 1.54) is 5.56 Å². The first-order chi connectivity index (χ1) is 9.86. The van der Waals surface area contributed by atoms with Crippen LogP contribution in [0.2, 0.25) is 0 Å². The number of benzene rings is 1. The van der Waals surface area contributed by atoms with Crippen molar-refractivity contribution in [3.63, 3.8) is 0 Å². The molecule has 2 aromatic rings. The van der Waals surface area contributed by atoms with Gasteiger partial charge in [-0.1, -0.05) is 25.1 Å². The fourth-order valence-electron chi connectivity index (χ4n) is 2.68. The Bertz CT molecular complexity index is 564. The minimum atomic E-state index is 0.492. The zero-order chi connectivity index (χ0) is 13.8. The molecule has 0 amide bonds. The van der Waals surface area contributed by atoms with Crippen LogP contribution in [0.1, 0.15) is 30.5 Å². The maximum absolute atomic E-state index is 5.71. The van der Waals surface area contributed by atoms with Crippen molar-refractivity contribution in [1.82, 2.24) is 15.1 Å². The first kappa shape index (κ1) is 13.2. The Morgan fingerprint density at radius 3 is 3.15 bits per heavy atom. The number of rotatable bonds is 5. The highest BCUT2D eigenvalue weighted by atomic mass is 16.5. The molecule has 0 saturated carbocycles. The lowest BCUT2D eigenvalue weighted by Crippen LogP contribution is -2.19. The number of para-hydroxylation sites is 1. The molecule has 2 heterocycles. The molecule has 106 valence electrons. The van der Waals surface area contributed by atoms with Crippen LogP contribution in [0.25, 0.3) is 0 Å². The standard InChI is InChI=1S/C16H21N3O/c1-2-17-11-14-7-9-19(18-14)12-13-8-10-20-16-6-4-3-5-15(13)16/h3-7,9,13,17H,2,8,10-12H2,1H3. The van der Waals surface area contributed by atoms with Crippen LogP contribution in [-0.2, 0) is 13.1 Å².